The first kappa shape index (κ1) is 10.6. The van der Waals surface area contributed by atoms with Crippen LogP contribution in [-0.4, -0.2) is 11.0 Å². The molecule has 0 amide bonds. The molecule has 0 heterocycles. The molecule has 1 unspecified atom stereocenters. The third-order valence-electron chi connectivity index (χ3n) is 2.50. The van der Waals surface area contributed by atoms with Crippen molar-refractivity contribution < 1.29 is 5.21 Å². The quantitative estimate of drug-likeness (QED) is 0.334. The van der Waals surface area contributed by atoms with Crippen molar-refractivity contribution in [1.82, 2.24) is 0 Å². The van der Waals surface area contributed by atoms with Gasteiger partial charge in [0.25, 0.3) is 0 Å². The molecule has 0 spiro atoms. The number of hydrogen-bond donors (Lipinski definition) is 2. The Hall–Kier alpha value is -1.51. The Balaban J connectivity index is 2.89. The molecule has 0 saturated carbocycles. The summed E-state index contributed by atoms with van der Waals surface area (Å²) in [6.45, 7) is 4.33. The molecule has 76 valence electrons. The van der Waals surface area contributed by atoms with Crippen LogP contribution in [0.15, 0.2) is 29.4 Å². The van der Waals surface area contributed by atoms with Gasteiger partial charge in [-0.15, -0.1) is 0 Å². The van der Waals surface area contributed by atoms with E-state index in [-0.39, 0.29) is 5.84 Å². The molecule has 0 radical (unpaired) electrons. The fourth-order valence-corrected chi connectivity index (χ4v) is 1.28. The van der Waals surface area contributed by atoms with E-state index < -0.39 is 0 Å². The SMILES string of the molecule is CCC(C)c1ccc(/C(N)=N/O)cc1. The highest BCUT2D eigenvalue weighted by Gasteiger charge is 2.03. The fourth-order valence-electron chi connectivity index (χ4n) is 1.28. The zero-order valence-electron chi connectivity index (χ0n) is 8.57. The van der Waals surface area contributed by atoms with Gasteiger partial charge in [0.1, 0.15) is 0 Å². The van der Waals surface area contributed by atoms with Crippen molar-refractivity contribution in [1.29, 1.82) is 0 Å². The standard InChI is InChI=1S/C11H16N2O/c1-3-8(2)9-4-6-10(7-5-9)11(12)13-14/h4-8,14H,3H2,1-2H3,(H2,12,13). The predicted molar refractivity (Wildman–Crippen MR) is 57.7 cm³/mol. The molecule has 14 heavy (non-hydrogen) atoms. The summed E-state index contributed by atoms with van der Waals surface area (Å²) in [5.74, 6) is 0.706. The highest BCUT2D eigenvalue weighted by atomic mass is 16.4. The van der Waals surface area contributed by atoms with Crippen LogP contribution in [0.3, 0.4) is 0 Å². The van der Waals surface area contributed by atoms with Crippen LogP contribution in [0.4, 0.5) is 0 Å². The van der Waals surface area contributed by atoms with Crippen LogP contribution in [0, 0.1) is 0 Å². The Kier molecular flexibility index (Phi) is 3.51. The number of nitrogens with zero attached hydrogens (tertiary/aromatic N) is 1. The van der Waals surface area contributed by atoms with Gasteiger partial charge in [0.2, 0.25) is 0 Å². The van der Waals surface area contributed by atoms with Gasteiger partial charge in [-0.1, -0.05) is 43.3 Å². The van der Waals surface area contributed by atoms with Crippen LogP contribution >= 0.6 is 0 Å². The second-order valence-corrected chi connectivity index (χ2v) is 3.42. The van der Waals surface area contributed by atoms with Gasteiger partial charge in [0.15, 0.2) is 5.84 Å². The summed E-state index contributed by atoms with van der Waals surface area (Å²) in [4.78, 5) is 0. The summed E-state index contributed by atoms with van der Waals surface area (Å²) in [6.07, 6.45) is 1.11. The lowest BCUT2D eigenvalue weighted by molar-refractivity contribution is 0.318. The summed E-state index contributed by atoms with van der Waals surface area (Å²) in [6, 6.07) is 7.77. The minimum atomic E-state index is 0.153. The first-order valence-electron chi connectivity index (χ1n) is 4.77. The molecule has 0 aromatic heterocycles. The van der Waals surface area contributed by atoms with E-state index in [9.17, 15) is 0 Å². The van der Waals surface area contributed by atoms with Crippen molar-refractivity contribution in [3.63, 3.8) is 0 Å². The van der Waals surface area contributed by atoms with Crippen LogP contribution in [0.5, 0.6) is 0 Å². The van der Waals surface area contributed by atoms with Crippen LogP contribution in [0.2, 0.25) is 0 Å². The molecule has 1 aromatic rings. The maximum absolute atomic E-state index is 8.48. The first-order chi connectivity index (χ1) is 6.69. The molecule has 1 atom stereocenters. The molecule has 3 nitrogen and oxygen atoms in total. The highest BCUT2D eigenvalue weighted by molar-refractivity contribution is 5.96. The van der Waals surface area contributed by atoms with Crippen molar-refractivity contribution in [3.8, 4) is 0 Å². The summed E-state index contributed by atoms with van der Waals surface area (Å²) in [5, 5.41) is 11.4. The number of oxime groups is 1. The Bertz CT molecular complexity index is 317. The molecule has 0 aliphatic rings. The van der Waals surface area contributed by atoms with E-state index in [1.54, 1.807) is 0 Å². The molecule has 1 aromatic carbocycles. The number of hydrogen-bond acceptors (Lipinski definition) is 2. The Morgan fingerprint density at radius 3 is 2.43 bits per heavy atom. The van der Waals surface area contributed by atoms with E-state index >= 15 is 0 Å². The van der Waals surface area contributed by atoms with Crippen LogP contribution in [0.25, 0.3) is 0 Å². The van der Waals surface area contributed by atoms with E-state index in [0.717, 1.165) is 12.0 Å². The lowest BCUT2D eigenvalue weighted by Gasteiger charge is -2.08. The molecule has 1 rings (SSSR count). The van der Waals surface area contributed by atoms with Crippen molar-refractivity contribution in [2.24, 2.45) is 10.9 Å². The van der Waals surface area contributed by atoms with E-state index in [2.05, 4.69) is 19.0 Å². The van der Waals surface area contributed by atoms with Gasteiger partial charge in [-0.25, -0.2) is 0 Å². The van der Waals surface area contributed by atoms with Gasteiger partial charge < -0.3 is 10.9 Å². The van der Waals surface area contributed by atoms with Crippen molar-refractivity contribution in [2.75, 3.05) is 0 Å². The Labute approximate surface area is 84.2 Å². The van der Waals surface area contributed by atoms with E-state index in [0.29, 0.717) is 5.92 Å². The molecule has 0 fully saturated rings. The zero-order chi connectivity index (χ0) is 10.6. The predicted octanol–water partition coefficient (Wildman–Crippen LogP) is 2.29. The molecule has 0 saturated heterocycles. The minimum absolute atomic E-state index is 0.153. The van der Waals surface area contributed by atoms with Gasteiger partial charge in [-0.2, -0.15) is 0 Å². The summed E-state index contributed by atoms with van der Waals surface area (Å²) in [7, 11) is 0. The third kappa shape index (κ3) is 2.25. The van der Waals surface area contributed by atoms with Gasteiger partial charge in [0.05, 0.1) is 0 Å². The smallest absolute Gasteiger partial charge is 0.170 e. The zero-order valence-corrected chi connectivity index (χ0v) is 8.57. The molecule has 3 heteroatoms. The van der Waals surface area contributed by atoms with Gasteiger partial charge in [0, 0.05) is 5.56 Å². The Morgan fingerprint density at radius 2 is 2.00 bits per heavy atom. The van der Waals surface area contributed by atoms with E-state index in [1.807, 2.05) is 24.3 Å². The second-order valence-electron chi connectivity index (χ2n) is 3.42. The van der Waals surface area contributed by atoms with Gasteiger partial charge in [-0.05, 0) is 17.9 Å². The summed E-state index contributed by atoms with van der Waals surface area (Å²) in [5.41, 5.74) is 7.48. The average molecular weight is 192 g/mol. The normalized spacial score (nSPS) is 14.0. The maximum atomic E-state index is 8.48. The van der Waals surface area contributed by atoms with Crippen LogP contribution in [0.1, 0.15) is 37.3 Å². The number of benzene rings is 1. The van der Waals surface area contributed by atoms with Gasteiger partial charge >= 0.3 is 0 Å². The lowest BCUT2D eigenvalue weighted by atomic mass is 9.97. The molecule has 0 bridgehead atoms. The van der Waals surface area contributed by atoms with Crippen molar-refractivity contribution >= 4 is 5.84 Å². The summed E-state index contributed by atoms with van der Waals surface area (Å²) >= 11 is 0. The van der Waals surface area contributed by atoms with E-state index in [1.165, 1.54) is 5.56 Å². The van der Waals surface area contributed by atoms with Crippen LogP contribution in [-0.2, 0) is 0 Å². The monoisotopic (exact) mass is 192 g/mol. The number of amidine groups is 1. The largest absolute Gasteiger partial charge is 0.409 e. The average Bonchev–Trinajstić information content (AvgIpc) is 2.27. The van der Waals surface area contributed by atoms with Crippen molar-refractivity contribution in [2.45, 2.75) is 26.2 Å². The minimum Gasteiger partial charge on any atom is -0.409 e. The molecule has 0 aliphatic carbocycles. The maximum Gasteiger partial charge on any atom is 0.170 e. The third-order valence-corrected chi connectivity index (χ3v) is 2.50. The van der Waals surface area contributed by atoms with Crippen LogP contribution < -0.4 is 5.73 Å². The molecule has 3 N–H and O–H groups in total. The molecular weight excluding hydrogens is 176 g/mol. The second kappa shape index (κ2) is 4.65. The first-order valence-corrected chi connectivity index (χ1v) is 4.77. The highest BCUT2D eigenvalue weighted by Crippen LogP contribution is 2.18. The number of nitrogens with two attached hydrogens (primary N) is 1. The number of rotatable bonds is 3. The molecular formula is C11H16N2O. The lowest BCUT2D eigenvalue weighted by Crippen LogP contribution is -2.12. The molecule has 0 aliphatic heterocycles. The van der Waals surface area contributed by atoms with Gasteiger partial charge in [-0.3, -0.25) is 0 Å². The Morgan fingerprint density at radius 1 is 1.43 bits per heavy atom. The van der Waals surface area contributed by atoms with E-state index in [4.69, 9.17) is 10.9 Å². The fraction of sp³-hybridized carbons (Fsp3) is 0.364. The van der Waals surface area contributed by atoms with Crippen molar-refractivity contribution in [3.05, 3.63) is 35.4 Å². The topological polar surface area (TPSA) is 58.6 Å². The summed E-state index contributed by atoms with van der Waals surface area (Å²) < 4.78 is 0.